The molecule has 0 fully saturated rings. The molecular formula is C20H20ClN3O2. The molecule has 0 aliphatic rings. The average Bonchev–Trinajstić information content (AvgIpc) is 2.64. The molecule has 0 radical (unpaired) electrons. The van der Waals surface area contributed by atoms with Crippen LogP contribution in [0.25, 0.3) is 10.9 Å². The summed E-state index contributed by atoms with van der Waals surface area (Å²) in [6.45, 7) is 2.01. The summed E-state index contributed by atoms with van der Waals surface area (Å²) in [4.78, 5) is 31.6. The molecule has 6 heteroatoms. The largest absolute Gasteiger partial charge is 0.349 e. The number of aromatic amines is 1. The van der Waals surface area contributed by atoms with E-state index < -0.39 is 0 Å². The number of fused-ring (bicyclic) bond motifs is 1. The first-order chi connectivity index (χ1) is 12.6. The van der Waals surface area contributed by atoms with Gasteiger partial charge in [0.2, 0.25) is 5.91 Å². The topological polar surface area (TPSA) is 74.8 Å². The number of hydrogen-bond acceptors (Lipinski definition) is 3. The number of nitrogens with one attached hydrogen (secondary N) is 2. The molecule has 0 spiro atoms. The second kappa shape index (κ2) is 8.15. The van der Waals surface area contributed by atoms with Crippen LogP contribution in [0.2, 0.25) is 5.02 Å². The number of H-pyrrole nitrogens is 1. The fraction of sp³-hybridized carbons (Fsp3) is 0.250. The van der Waals surface area contributed by atoms with Crippen LogP contribution < -0.4 is 10.9 Å². The second-order valence-corrected chi connectivity index (χ2v) is 6.55. The Morgan fingerprint density at radius 3 is 2.81 bits per heavy atom. The second-order valence-electron chi connectivity index (χ2n) is 6.11. The van der Waals surface area contributed by atoms with Crippen LogP contribution in [0, 0.1) is 0 Å². The molecule has 5 nitrogen and oxygen atoms in total. The van der Waals surface area contributed by atoms with Crippen molar-refractivity contribution in [1.82, 2.24) is 15.3 Å². The van der Waals surface area contributed by atoms with E-state index in [1.165, 1.54) is 0 Å². The molecule has 134 valence electrons. The number of carbonyl (C=O) groups excluding carboxylic acids is 1. The van der Waals surface area contributed by atoms with E-state index in [1.54, 1.807) is 24.3 Å². The summed E-state index contributed by atoms with van der Waals surface area (Å²) in [6, 6.07) is 14.5. The van der Waals surface area contributed by atoms with Crippen molar-refractivity contribution in [3.63, 3.8) is 0 Å². The van der Waals surface area contributed by atoms with Gasteiger partial charge in [0.25, 0.3) is 5.56 Å². The number of para-hydroxylation sites is 1. The minimum absolute atomic E-state index is 0.0902. The first-order valence-corrected chi connectivity index (χ1v) is 8.97. The number of halogens is 1. The van der Waals surface area contributed by atoms with Gasteiger partial charge >= 0.3 is 0 Å². The van der Waals surface area contributed by atoms with Crippen LogP contribution in [0.3, 0.4) is 0 Å². The molecular weight excluding hydrogens is 350 g/mol. The van der Waals surface area contributed by atoms with Crippen LogP contribution in [-0.2, 0) is 11.2 Å². The lowest BCUT2D eigenvalue weighted by Crippen LogP contribution is -2.28. The van der Waals surface area contributed by atoms with Gasteiger partial charge in [-0.1, -0.05) is 42.8 Å². The number of amides is 1. The maximum Gasteiger partial charge on any atom is 0.258 e. The molecule has 2 N–H and O–H groups in total. The molecule has 0 aliphatic heterocycles. The minimum Gasteiger partial charge on any atom is -0.349 e. The molecule has 0 saturated carbocycles. The van der Waals surface area contributed by atoms with Gasteiger partial charge in [0.1, 0.15) is 5.82 Å². The van der Waals surface area contributed by atoms with Crippen molar-refractivity contribution in [2.75, 3.05) is 0 Å². The van der Waals surface area contributed by atoms with E-state index >= 15 is 0 Å². The molecule has 1 amide bonds. The van der Waals surface area contributed by atoms with E-state index in [4.69, 9.17) is 11.6 Å². The summed E-state index contributed by atoms with van der Waals surface area (Å²) in [6.07, 6.45) is 1.38. The van der Waals surface area contributed by atoms with E-state index in [2.05, 4.69) is 15.3 Å². The molecule has 26 heavy (non-hydrogen) atoms. The smallest absolute Gasteiger partial charge is 0.258 e. The Morgan fingerprint density at radius 1 is 1.23 bits per heavy atom. The summed E-state index contributed by atoms with van der Waals surface area (Å²) < 4.78 is 0. The molecule has 1 aromatic heterocycles. The van der Waals surface area contributed by atoms with Crippen molar-refractivity contribution >= 4 is 28.4 Å². The SMILES string of the molecule is CCC(NC(=O)CCc1nc2ccccc2c(=O)[nH]1)c1cccc(Cl)c1. The van der Waals surface area contributed by atoms with E-state index in [0.29, 0.717) is 28.2 Å². The van der Waals surface area contributed by atoms with Crippen molar-refractivity contribution in [3.05, 3.63) is 75.3 Å². The molecule has 1 heterocycles. The highest BCUT2D eigenvalue weighted by Crippen LogP contribution is 2.20. The van der Waals surface area contributed by atoms with Crippen molar-refractivity contribution in [1.29, 1.82) is 0 Å². The number of hydrogen-bond donors (Lipinski definition) is 2. The maximum absolute atomic E-state index is 12.3. The van der Waals surface area contributed by atoms with Gasteiger partial charge in [0.05, 0.1) is 16.9 Å². The van der Waals surface area contributed by atoms with Gasteiger partial charge in [-0.2, -0.15) is 0 Å². The van der Waals surface area contributed by atoms with Crippen molar-refractivity contribution in [2.24, 2.45) is 0 Å². The zero-order valence-electron chi connectivity index (χ0n) is 14.5. The van der Waals surface area contributed by atoms with Crippen molar-refractivity contribution in [3.8, 4) is 0 Å². The Hall–Kier alpha value is -2.66. The molecule has 0 saturated heterocycles. The lowest BCUT2D eigenvalue weighted by molar-refractivity contribution is -0.121. The summed E-state index contributed by atoms with van der Waals surface area (Å²) >= 11 is 6.03. The summed E-state index contributed by atoms with van der Waals surface area (Å²) in [7, 11) is 0. The highest BCUT2D eigenvalue weighted by Gasteiger charge is 2.14. The predicted octanol–water partition coefficient (Wildman–Crippen LogP) is 3.78. The normalized spacial score (nSPS) is 12.1. The standard InChI is InChI=1S/C20H20ClN3O2/c1-2-16(13-6-5-7-14(21)12-13)23-19(25)11-10-18-22-17-9-4-3-8-15(17)20(26)24-18/h3-9,12,16H,2,10-11H2,1H3,(H,23,25)(H,22,24,26). The Morgan fingerprint density at radius 2 is 2.04 bits per heavy atom. The fourth-order valence-corrected chi connectivity index (χ4v) is 3.09. The lowest BCUT2D eigenvalue weighted by atomic mass is 10.0. The maximum atomic E-state index is 12.3. The van der Waals surface area contributed by atoms with Crippen LogP contribution in [0.5, 0.6) is 0 Å². The number of aryl methyl sites for hydroxylation is 1. The van der Waals surface area contributed by atoms with Gasteiger partial charge < -0.3 is 10.3 Å². The van der Waals surface area contributed by atoms with Gasteiger partial charge in [0, 0.05) is 17.9 Å². The molecule has 1 atom stereocenters. The van der Waals surface area contributed by atoms with E-state index in [-0.39, 0.29) is 23.9 Å². The molecule has 0 aliphatic carbocycles. The highest BCUT2D eigenvalue weighted by molar-refractivity contribution is 6.30. The van der Waals surface area contributed by atoms with Gasteiger partial charge in [0.15, 0.2) is 0 Å². The number of rotatable bonds is 6. The van der Waals surface area contributed by atoms with Crippen molar-refractivity contribution in [2.45, 2.75) is 32.2 Å². The summed E-state index contributed by atoms with van der Waals surface area (Å²) in [5, 5.41) is 4.21. The summed E-state index contributed by atoms with van der Waals surface area (Å²) in [5.74, 6) is 0.423. The number of carbonyl (C=O) groups is 1. The Labute approximate surface area is 156 Å². The predicted molar refractivity (Wildman–Crippen MR) is 103 cm³/mol. The van der Waals surface area contributed by atoms with Crippen LogP contribution in [-0.4, -0.2) is 15.9 Å². The molecule has 3 aromatic rings. The van der Waals surface area contributed by atoms with Gasteiger partial charge in [-0.25, -0.2) is 4.98 Å². The Kier molecular flexibility index (Phi) is 5.68. The Balaban J connectivity index is 1.66. The zero-order chi connectivity index (χ0) is 18.5. The van der Waals surface area contributed by atoms with Crippen molar-refractivity contribution < 1.29 is 4.79 Å². The van der Waals surface area contributed by atoms with Gasteiger partial charge in [-0.3, -0.25) is 9.59 Å². The molecule has 0 bridgehead atoms. The molecule has 2 aromatic carbocycles. The third-order valence-electron chi connectivity index (χ3n) is 4.25. The number of benzene rings is 2. The molecule has 3 rings (SSSR count). The fourth-order valence-electron chi connectivity index (χ4n) is 2.90. The van der Waals surface area contributed by atoms with Crippen LogP contribution in [0.4, 0.5) is 0 Å². The monoisotopic (exact) mass is 369 g/mol. The third kappa shape index (κ3) is 4.29. The average molecular weight is 370 g/mol. The first kappa shape index (κ1) is 18.1. The van der Waals surface area contributed by atoms with E-state index in [1.807, 2.05) is 31.2 Å². The number of nitrogens with zero attached hydrogens (tertiary/aromatic N) is 1. The summed E-state index contributed by atoms with van der Waals surface area (Å²) in [5.41, 5.74) is 1.43. The third-order valence-corrected chi connectivity index (χ3v) is 4.48. The quantitative estimate of drug-likeness (QED) is 0.694. The Bertz CT molecular complexity index is 984. The first-order valence-electron chi connectivity index (χ1n) is 8.59. The van der Waals surface area contributed by atoms with Crippen LogP contribution in [0.15, 0.2) is 53.3 Å². The number of aromatic nitrogens is 2. The van der Waals surface area contributed by atoms with E-state index in [9.17, 15) is 9.59 Å². The molecule has 1 unspecified atom stereocenters. The highest BCUT2D eigenvalue weighted by atomic mass is 35.5. The zero-order valence-corrected chi connectivity index (χ0v) is 15.2. The van der Waals surface area contributed by atoms with Gasteiger partial charge in [-0.15, -0.1) is 0 Å². The van der Waals surface area contributed by atoms with Crippen LogP contribution in [0.1, 0.15) is 37.2 Å². The van der Waals surface area contributed by atoms with E-state index in [0.717, 1.165) is 12.0 Å². The van der Waals surface area contributed by atoms with Crippen LogP contribution >= 0.6 is 11.6 Å². The minimum atomic E-state index is -0.184. The van der Waals surface area contributed by atoms with Gasteiger partial charge in [-0.05, 0) is 36.2 Å². The lowest BCUT2D eigenvalue weighted by Gasteiger charge is -2.17.